The molecule has 23 N–H and O–H groups in total. The van der Waals surface area contributed by atoms with E-state index in [4.69, 9.17) is 28.7 Å². The number of carboxylic acids is 2. The van der Waals surface area contributed by atoms with Crippen LogP contribution in [0.2, 0.25) is 0 Å². The maximum absolute atomic E-state index is 15.0. The van der Waals surface area contributed by atoms with Crippen LogP contribution >= 0.6 is 0 Å². The Morgan fingerprint density at radius 2 is 0.714 bits per heavy atom. The van der Waals surface area contributed by atoms with Crippen molar-refractivity contribution < 1.29 is 107 Å². The minimum absolute atomic E-state index is 0.00163. The van der Waals surface area contributed by atoms with E-state index in [9.17, 15) is 102 Å². The number of aromatic hydroxyl groups is 1. The van der Waals surface area contributed by atoms with Crippen molar-refractivity contribution in [3.05, 3.63) is 65.7 Å². The average Bonchev–Trinajstić information content (AvgIpc) is 1.62. The van der Waals surface area contributed by atoms with Gasteiger partial charge in [0, 0.05) is 64.6 Å². The van der Waals surface area contributed by atoms with E-state index >= 15 is 4.79 Å². The SMILES string of the molecule is CC(C)C[C@H](NC(=O)[C@@H](N)CCC(N)=O)C(=O)N[C@@H](CCC(N)=O)C(=O)N1CCC[C@H]1C(=O)N[C@@H](Cc1ccccc1)C(=O)N[C@@H](CCC(=O)O)C(=O)N[C@@H](CC(C)C)C(=O)N1CCC[C@H]1C(=O)N[C@@H](Cc1ccc(O)cc1)C(=O)N[C@@H](CCC(N)=O)C(=O)N1CCC[C@H]1C(=O)N[C@@H](CCC(N)=O)C(=O)N[C@@H](CO)C(=O)O. The molecule has 3 saturated heterocycles. The highest BCUT2D eigenvalue weighted by atomic mass is 16.4. The first kappa shape index (κ1) is 91.2. The first-order valence-corrected chi connectivity index (χ1v) is 37.3. The van der Waals surface area contributed by atoms with Crippen LogP contribution in [0.5, 0.6) is 5.75 Å². The number of rotatable bonds is 46. The van der Waals surface area contributed by atoms with Gasteiger partial charge in [-0.2, -0.15) is 0 Å². The van der Waals surface area contributed by atoms with E-state index in [1.807, 2.05) is 0 Å². The topological polar surface area (TPSA) is 636 Å². The Bertz CT molecular complexity index is 3720. The van der Waals surface area contributed by atoms with Crippen molar-refractivity contribution in [2.45, 2.75) is 235 Å². The quantitative estimate of drug-likeness (QED) is 0.0295. The van der Waals surface area contributed by atoms with Crippen LogP contribution in [-0.4, -0.2) is 246 Å². The first-order valence-electron chi connectivity index (χ1n) is 37.3. The van der Waals surface area contributed by atoms with E-state index in [1.54, 1.807) is 58.0 Å². The van der Waals surface area contributed by atoms with Gasteiger partial charge in [0.15, 0.2) is 0 Å². The summed E-state index contributed by atoms with van der Waals surface area (Å²) in [7, 11) is 0. The Kier molecular flexibility index (Phi) is 36.2. The number of phenols is 1. The Morgan fingerprint density at radius 1 is 0.393 bits per heavy atom. The molecule has 0 radical (unpaired) electrons. The van der Waals surface area contributed by atoms with E-state index in [0.717, 1.165) is 9.80 Å². The molecule has 112 heavy (non-hydrogen) atoms. The third kappa shape index (κ3) is 29.1. The van der Waals surface area contributed by atoms with Crippen LogP contribution in [0.3, 0.4) is 0 Å². The summed E-state index contributed by atoms with van der Waals surface area (Å²) in [6.07, 6.45) is -4.15. The van der Waals surface area contributed by atoms with Gasteiger partial charge in [0.2, 0.25) is 94.5 Å². The normalized spacial score (nSPS) is 18.0. The van der Waals surface area contributed by atoms with Crippen molar-refractivity contribution in [2.75, 3.05) is 26.2 Å². The molecule has 5 rings (SSSR count). The van der Waals surface area contributed by atoms with Crippen molar-refractivity contribution in [1.82, 2.24) is 62.6 Å². The van der Waals surface area contributed by atoms with Gasteiger partial charge in [-0.05, 0) is 119 Å². The molecule has 2 aromatic rings. The zero-order valence-corrected chi connectivity index (χ0v) is 63.2. The molecular formula is C73H107N17O22. The summed E-state index contributed by atoms with van der Waals surface area (Å²) in [5.74, 6) is -18.1. The van der Waals surface area contributed by atoms with Crippen molar-refractivity contribution in [3.63, 3.8) is 0 Å². The highest BCUT2D eigenvalue weighted by Crippen LogP contribution is 2.26. The number of carboxylic acid groups (broad SMARTS) is 2. The number of carbonyl (C=O) groups excluding carboxylic acids is 16. The second kappa shape index (κ2) is 44.5. The fourth-order valence-corrected chi connectivity index (χ4v) is 13.3. The number of aliphatic carboxylic acids is 2. The van der Waals surface area contributed by atoms with E-state index in [1.165, 1.54) is 29.2 Å². The Balaban J connectivity index is 1.39. The number of aliphatic hydroxyl groups excluding tert-OH is 1. The van der Waals surface area contributed by atoms with Crippen LogP contribution in [0.4, 0.5) is 0 Å². The zero-order valence-electron chi connectivity index (χ0n) is 63.2. The number of aliphatic hydroxyl groups is 1. The molecule has 13 atom stereocenters. The summed E-state index contributed by atoms with van der Waals surface area (Å²) in [4.78, 5) is 247. The van der Waals surface area contributed by atoms with Crippen LogP contribution in [0, 0.1) is 11.8 Å². The van der Waals surface area contributed by atoms with Gasteiger partial charge in [-0.15, -0.1) is 0 Å². The minimum Gasteiger partial charge on any atom is -0.508 e. The molecule has 616 valence electrons. The van der Waals surface area contributed by atoms with Gasteiger partial charge in [-0.25, -0.2) is 4.79 Å². The minimum atomic E-state index is -1.80. The van der Waals surface area contributed by atoms with Crippen molar-refractivity contribution in [3.8, 4) is 5.75 Å². The van der Waals surface area contributed by atoms with Gasteiger partial charge in [0.1, 0.15) is 78.3 Å². The van der Waals surface area contributed by atoms with E-state index in [-0.39, 0.29) is 121 Å². The molecular weight excluding hydrogens is 1470 g/mol. The first-order chi connectivity index (χ1) is 52.9. The van der Waals surface area contributed by atoms with Crippen LogP contribution in [0.25, 0.3) is 0 Å². The van der Waals surface area contributed by atoms with Gasteiger partial charge < -0.3 is 112 Å². The molecule has 16 amide bonds. The summed E-state index contributed by atoms with van der Waals surface area (Å²) >= 11 is 0. The number of primary amides is 4. The molecule has 0 aliphatic carbocycles. The third-order valence-electron chi connectivity index (χ3n) is 19.1. The number of hydrogen-bond donors (Lipinski definition) is 18. The molecule has 0 unspecified atom stereocenters. The van der Waals surface area contributed by atoms with Crippen LogP contribution in [0.1, 0.15) is 154 Å². The second-order valence-electron chi connectivity index (χ2n) is 29.0. The van der Waals surface area contributed by atoms with Crippen molar-refractivity contribution in [2.24, 2.45) is 40.5 Å². The molecule has 3 fully saturated rings. The largest absolute Gasteiger partial charge is 0.508 e. The smallest absolute Gasteiger partial charge is 0.328 e. The van der Waals surface area contributed by atoms with Gasteiger partial charge in [-0.1, -0.05) is 70.2 Å². The summed E-state index contributed by atoms with van der Waals surface area (Å²) in [6, 6.07) is -5.66. The fourth-order valence-electron chi connectivity index (χ4n) is 13.3. The number of carbonyl (C=O) groups is 18. The fraction of sp³-hybridized carbons (Fsp3) is 0.589. The molecule has 2 aromatic carbocycles. The zero-order chi connectivity index (χ0) is 83.2. The summed E-state index contributed by atoms with van der Waals surface area (Å²) < 4.78 is 0. The van der Waals surface area contributed by atoms with Gasteiger partial charge in [0.05, 0.1) is 12.6 Å². The predicted octanol–water partition coefficient (Wildman–Crippen LogP) is -5.06. The molecule has 0 bridgehead atoms. The maximum atomic E-state index is 15.0. The average molecular weight is 1570 g/mol. The number of phenolic OH excluding ortho intramolecular Hbond substituents is 1. The monoisotopic (exact) mass is 1570 g/mol. The van der Waals surface area contributed by atoms with E-state index in [2.05, 4.69) is 47.9 Å². The molecule has 39 heteroatoms. The van der Waals surface area contributed by atoms with E-state index in [0.29, 0.717) is 11.1 Å². The molecule has 3 heterocycles. The molecule has 3 aliphatic heterocycles. The molecule has 3 aliphatic rings. The second-order valence-corrected chi connectivity index (χ2v) is 29.0. The Hall–Kier alpha value is -11.4. The standard InChI is InChI=1S/C73H107N17O22/c1-38(2)33-48(83-61(99)43(74)20-25-56(75)93)64(102)81-46(22-27-58(77)95)70(108)89-31-9-14-54(89)68(106)84-49(35-40-11-6-5-7-12-40)65(103)79-45(24-29-60(97)98)62(100)86-51(34-39(3)4)72(110)90-32-10-15-55(90)69(107)85-50(36-41-16-18-42(92)19-17-41)66(104)82-47(23-28-59(78)96)71(109)88-30-8-13-53(88)67(105)80-44(21-26-57(76)94)63(101)87-52(37-91)73(111)112/h5-7,11-12,16-19,38-39,43-55,91-92H,8-10,13-15,20-37,74H2,1-4H3,(H2,75,93)(H2,76,94)(H2,77,95)(H2,78,96)(H,79,103)(H,80,105)(H,81,102)(H,82,104)(H,83,99)(H,84,106)(H,85,107)(H,86,100)(H,87,101)(H,97,98)(H,111,112)/t43-,44-,45-,46-,47-,48-,49-,50-,51-,52-,53-,54-,55-/m0/s1. The van der Waals surface area contributed by atoms with E-state index < -0.39 is 237 Å². The number of likely N-dealkylation sites (tertiary alicyclic amines) is 3. The van der Waals surface area contributed by atoms with Crippen molar-refractivity contribution in [1.29, 1.82) is 0 Å². The van der Waals surface area contributed by atoms with Gasteiger partial charge in [0.25, 0.3) is 0 Å². The lowest BCUT2D eigenvalue weighted by Gasteiger charge is -2.32. The summed E-state index contributed by atoms with van der Waals surface area (Å²) in [5.41, 5.74) is 28.4. The highest BCUT2D eigenvalue weighted by Gasteiger charge is 2.45. The predicted molar refractivity (Wildman–Crippen MR) is 396 cm³/mol. The molecule has 0 saturated carbocycles. The van der Waals surface area contributed by atoms with Crippen molar-refractivity contribution >= 4 is 106 Å². The maximum Gasteiger partial charge on any atom is 0.328 e. The lowest BCUT2D eigenvalue weighted by Crippen LogP contribution is -2.61. The van der Waals surface area contributed by atoms with Crippen LogP contribution in [0.15, 0.2) is 54.6 Å². The van der Waals surface area contributed by atoms with Gasteiger partial charge >= 0.3 is 11.9 Å². The lowest BCUT2D eigenvalue weighted by molar-refractivity contribution is -0.144. The number of amides is 16. The number of nitrogens with two attached hydrogens (primary N) is 5. The highest BCUT2D eigenvalue weighted by molar-refractivity contribution is 6.01. The third-order valence-corrected chi connectivity index (χ3v) is 19.1. The van der Waals surface area contributed by atoms with Gasteiger partial charge in [-0.3, -0.25) is 81.5 Å². The number of benzene rings is 2. The molecule has 39 nitrogen and oxygen atoms in total. The number of hydrogen-bond acceptors (Lipinski definition) is 21. The lowest BCUT2D eigenvalue weighted by atomic mass is 10.00. The number of nitrogens with one attached hydrogen (secondary N) is 9. The summed E-state index contributed by atoms with van der Waals surface area (Å²) in [6.45, 7) is 5.70. The molecule has 0 spiro atoms. The van der Waals surface area contributed by atoms with Crippen LogP contribution < -0.4 is 76.5 Å². The number of nitrogens with zero attached hydrogens (tertiary/aromatic N) is 3. The van der Waals surface area contributed by atoms with Crippen LogP contribution in [-0.2, 0) is 99.1 Å². The Morgan fingerprint density at radius 3 is 1.12 bits per heavy atom. The molecule has 0 aromatic heterocycles. The summed E-state index contributed by atoms with van der Waals surface area (Å²) in [5, 5.41) is 61.9. The Labute approximate surface area is 646 Å².